The number of likely N-dealkylation sites (tertiary alicyclic amines) is 2. The van der Waals surface area contributed by atoms with Crippen molar-refractivity contribution in [2.75, 3.05) is 31.5 Å². The number of carbonyl (C=O) groups excluding carboxylic acids is 3. The van der Waals surface area contributed by atoms with Gasteiger partial charge in [0.2, 0.25) is 11.8 Å². The molecule has 6 nitrogen and oxygen atoms in total. The summed E-state index contributed by atoms with van der Waals surface area (Å²) in [5, 5.41) is 2.96. The molecule has 0 spiro atoms. The summed E-state index contributed by atoms with van der Waals surface area (Å²) in [4.78, 5) is 42.6. The molecule has 6 heteroatoms. The number of carbonyl (C=O) groups is 3. The number of benzene rings is 2. The van der Waals surface area contributed by atoms with Crippen LogP contribution in [0.5, 0.6) is 0 Å². The van der Waals surface area contributed by atoms with E-state index in [1.165, 1.54) is 0 Å². The average molecular weight is 434 g/mol. The van der Waals surface area contributed by atoms with Gasteiger partial charge in [0, 0.05) is 37.4 Å². The summed E-state index contributed by atoms with van der Waals surface area (Å²) in [6.07, 6.45) is 3.20. The first-order chi connectivity index (χ1) is 15.5. The van der Waals surface area contributed by atoms with E-state index >= 15 is 0 Å². The predicted molar refractivity (Wildman–Crippen MR) is 124 cm³/mol. The number of piperidine rings is 2. The van der Waals surface area contributed by atoms with E-state index < -0.39 is 0 Å². The quantitative estimate of drug-likeness (QED) is 0.799. The van der Waals surface area contributed by atoms with Crippen LogP contribution in [-0.4, -0.2) is 53.7 Å². The number of amides is 3. The van der Waals surface area contributed by atoms with E-state index in [0.717, 1.165) is 36.9 Å². The fourth-order valence-electron chi connectivity index (χ4n) is 4.66. The van der Waals surface area contributed by atoms with Crippen LogP contribution in [0.2, 0.25) is 0 Å². The first-order valence-corrected chi connectivity index (χ1v) is 11.5. The summed E-state index contributed by atoms with van der Waals surface area (Å²) in [5.74, 6) is -0.380. The van der Waals surface area contributed by atoms with Crippen molar-refractivity contribution >= 4 is 23.4 Å². The molecule has 32 heavy (non-hydrogen) atoms. The molecule has 2 unspecified atom stereocenters. The Labute approximate surface area is 189 Å². The third-order valence-corrected chi connectivity index (χ3v) is 6.50. The molecule has 2 saturated heterocycles. The zero-order chi connectivity index (χ0) is 22.5. The van der Waals surface area contributed by atoms with Crippen molar-refractivity contribution < 1.29 is 14.4 Å². The Kier molecular flexibility index (Phi) is 6.88. The molecule has 0 saturated carbocycles. The van der Waals surface area contributed by atoms with E-state index in [4.69, 9.17) is 0 Å². The van der Waals surface area contributed by atoms with Gasteiger partial charge in [-0.2, -0.15) is 0 Å². The molecule has 2 atom stereocenters. The van der Waals surface area contributed by atoms with Crippen LogP contribution < -0.4 is 5.32 Å². The summed E-state index contributed by atoms with van der Waals surface area (Å²) in [5.41, 5.74) is 2.56. The van der Waals surface area contributed by atoms with Crippen LogP contribution in [0.15, 0.2) is 54.6 Å². The second kappa shape index (κ2) is 9.98. The summed E-state index contributed by atoms with van der Waals surface area (Å²) in [7, 11) is 0. The second-order valence-electron chi connectivity index (χ2n) is 8.94. The number of hydrogen-bond acceptors (Lipinski definition) is 3. The van der Waals surface area contributed by atoms with Gasteiger partial charge in [-0.15, -0.1) is 0 Å². The zero-order valence-corrected chi connectivity index (χ0v) is 18.6. The third-order valence-electron chi connectivity index (χ3n) is 6.50. The highest BCUT2D eigenvalue weighted by molar-refractivity contribution is 5.95. The number of nitrogens with zero attached hydrogens (tertiary/aromatic N) is 2. The van der Waals surface area contributed by atoms with Gasteiger partial charge < -0.3 is 15.1 Å². The molecule has 4 rings (SSSR count). The monoisotopic (exact) mass is 433 g/mol. The van der Waals surface area contributed by atoms with Gasteiger partial charge in [-0.25, -0.2) is 0 Å². The standard InChI is InChI=1S/C26H31N3O3/c1-19-11-13-20(14-12-19)25(31)29-16-6-8-22(18-29)26(32)28-15-5-7-21(17-28)24(30)27-23-9-3-2-4-10-23/h2-4,9-14,21-22H,5-8,15-18H2,1H3,(H,27,30). The molecule has 2 fully saturated rings. The fourth-order valence-corrected chi connectivity index (χ4v) is 4.66. The van der Waals surface area contributed by atoms with Crippen LogP contribution in [0.4, 0.5) is 5.69 Å². The molecule has 2 aliphatic heterocycles. The highest BCUT2D eigenvalue weighted by Crippen LogP contribution is 2.25. The van der Waals surface area contributed by atoms with Crippen LogP contribution >= 0.6 is 0 Å². The molecule has 168 valence electrons. The molecular weight excluding hydrogens is 402 g/mol. The normalized spacial score (nSPS) is 21.2. The van der Waals surface area contributed by atoms with E-state index in [9.17, 15) is 14.4 Å². The highest BCUT2D eigenvalue weighted by Gasteiger charge is 2.35. The molecule has 1 N–H and O–H groups in total. The summed E-state index contributed by atoms with van der Waals surface area (Å²) in [6.45, 7) is 4.24. The Hall–Kier alpha value is -3.15. The number of nitrogens with one attached hydrogen (secondary N) is 1. The predicted octanol–water partition coefficient (Wildman–Crippen LogP) is 3.72. The van der Waals surface area contributed by atoms with E-state index in [-0.39, 0.29) is 29.6 Å². The minimum atomic E-state index is -0.207. The van der Waals surface area contributed by atoms with Crippen molar-refractivity contribution in [1.82, 2.24) is 9.80 Å². The maximum atomic E-state index is 13.3. The van der Waals surface area contributed by atoms with Gasteiger partial charge in [-0.05, 0) is 56.9 Å². The first-order valence-electron chi connectivity index (χ1n) is 11.5. The molecule has 3 amide bonds. The molecule has 2 aromatic carbocycles. The van der Waals surface area contributed by atoms with Gasteiger partial charge in [-0.3, -0.25) is 14.4 Å². The minimum absolute atomic E-state index is 0.0127. The van der Waals surface area contributed by atoms with Gasteiger partial charge >= 0.3 is 0 Å². The Balaban J connectivity index is 1.36. The maximum absolute atomic E-state index is 13.3. The van der Waals surface area contributed by atoms with E-state index in [1.54, 1.807) is 4.90 Å². The largest absolute Gasteiger partial charge is 0.342 e. The Bertz CT molecular complexity index is 958. The number of para-hydroxylation sites is 1. The molecule has 2 aliphatic rings. The second-order valence-corrected chi connectivity index (χ2v) is 8.94. The Morgan fingerprint density at radius 2 is 1.44 bits per heavy atom. The summed E-state index contributed by atoms with van der Waals surface area (Å²) < 4.78 is 0. The van der Waals surface area contributed by atoms with Gasteiger partial charge in [0.1, 0.15) is 0 Å². The van der Waals surface area contributed by atoms with Crippen molar-refractivity contribution in [3.8, 4) is 0 Å². The average Bonchev–Trinajstić information content (AvgIpc) is 2.84. The summed E-state index contributed by atoms with van der Waals surface area (Å²) in [6, 6.07) is 17.0. The van der Waals surface area contributed by atoms with Crippen LogP contribution in [0, 0.1) is 18.8 Å². The zero-order valence-electron chi connectivity index (χ0n) is 18.6. The van der Waals surface area contributed by atoms with E-state index in [0.29, 0.717) is 31.7 Å². The highest BCUT2D eigenvalue weighted by atomic mass is 16.2. The van der Waals surface area contributed by atoms with Crippen molar-refractivity contribution in [3.63, 3.8) is 0 Å². The van der Waals surface area contributed by atoms with Crippen molar-refractivity contribution in [1.29, 1.82) is 0 Å². The smallest absolute Gasteiger partial charge is 0.253 e. The Morgan fingerprint density at radius 3 is 2.16 bits per heavy atom. The molecule has 0 aromatic heterocycles. The molecule has 0 bridgehead atoms. The van der Waals surface area contributed by atoms with Gasteiger partial charge in [0.05, 0.1) is 11.8 Å². The molecular formula is C26H31N3O3. The molecule has 2 heterocycles. The van der Waals surface area contributed by atoms with Gasteiger partial charge in [-0.1, -0.05) is 35.9 Å². The lowest BCUT2D eigenvalue weighted by Gasteiger charge is -2.38. The van der Waals surface area contributed by atoms with E-state index in [1.807, 2.05) is 66.4 Å². The van der Waals surface area contributed by atoms with Crippen LogP contribution in [0.25, 0.3) is 0 Å². The van der Waals surface area contributed by atoms with Crippen molar-refractivity contribution in [2.24, 2.45) is 11.8 Å². The summed E-state index contributed by atoms with van der Waals surface area (Å²) >= 11 is 0. The number of aryl methyl sites for hydroxylation is 1. The molecule has 0 radical (unpaired) electrons. The lowest BCUT2D eigenvalue weighted by Crippen LogP contribution is -2.50. The van der Waals surface area contributed by atoms with E-state index in [2.05, 4.69) is 5.32 Å². The number of rotatable bonds is 4. The topological polar surface area (TPSA) is 69.7 Å². The Morgan fingerprint density at radius 1 is 0.812 bits per heavy atom. The maximum Gasteiger partial charge on any atom is 0.253 e. The first kappa shape index (κ1) is 22.1. The number of hydrogen-bond donors (Lipinski definition) is 1. The van der Waals surface area contributed by atoms with Crippen molar-refractivity contribution in [2.45, 2.75) is 32.6 Å². The van der Waals surface area contributed by atoms with Crippen molar-refractivity contribution in [3.05, 3.63) is 65.7 Å². The molecule has 0 aliphatic carbocycles. The third kappa shape index (κ3) is 5.18. The van der Waals surface area contributed by atoms with Gasteiger partial charge in [0.25, 0.3) is 5.91 Å². The lowest BCUT2D eigenvalue weighted by molar-refractivity contribution is -0.139. The SMILES string of the molecule is Cc1ccc(C(=O)N2CCCC(C(=O)N3CCCC(C(=O)Nc4ccccc4)C3)C2)cc1. The van der Waals surface area contributed by atoms with Crippen LogP contribution in [-0.2, 0) is 9.59 Å². The lowest BCUT2D eigenvalue weighted by atomic mass is 9.92. The van der Waals surface area contributed by atoms with Crippen LogP contribution in [0.3, 0.4) is 0 Å². The van der Waals surface area contributed by atoms with Crippen LogP contribution in [0.1, 0.15) is 41.6 Å². The number of anilines is 1. The molecule has 2 aromatic rings. The van der Waals surface area contributed by atoms with Gasteiger partial charge in [0.15, 0.2) is 0 Å². The minimum Gasteiger partial charge on any atom is -0.342 e. The fraction of sp³-hybridized carbons (Fsp3) is 0.423.